The van der Waals surface area contributed by atoms with Gasteiger partial charge in [-0.15, -0.1) is 0 Å². The third kappa shape index (κ3) is 2.99. The fourth-order valence-electron chi connectivity index (χ4n) is 1.92. The second-order valence-corrected chi connectivity index (χ2v) is 4.45. The third-order valence-electron chi connectivity index (χ3n) is 3.00. The van der Waals surface area contributed by atoms with Crippen molar-refractivity contribution in [3.63, 3.8) is 0 Å². The normalized spacial score (nSPS) is 10.4. The SMILES string of the molecule is COc1ccc([N+](=O)[O-])cc1Cn1cc(C)c(=O)[nH]c1=O. The van der Waals surface area contributed by atoms with E-state index in [1.54, 1.807) is 6.92 Å². The van der Waals surface area contributed by atoms with Gasteiger partial charge in [-0.3, -0.25) is 24.5 Å². The zero-order valence-electron chi connectivity index (χ0n) is 11.5. The number of nitro groups is 1. The largest absolute Gasteiger partial charge is 0.496 e. The van der Waals surface area contributed by atoms with Crippen molar-refractivity contribution in [1.29, 1.82) is 0 Å². The topological polar surface area (TPSA) is 107 Å². The van der Waals surface area contributed by atoms with Crippen LogP contribution in [0.5, 0.6) is 5.75 Å². The maximum atomic E-state index is 11.7. The fraction of sp³-hybridized carbons (Fsp3) is 0.231. The quantitative estimate of drug-likeness (QED) is 0.662. The standard InChI is InChI=1S/C13H13N3O5/c1-8-6-15(13(18)14-12(8)17)7-9-5-10(16(19)20)3-4-11(9)21-2/h3-6H,7H2,1-2H3,(H,14,17,18). The lowest BCUT2D eigenvalue weighted by atomic mass is 10.1. The van der Waals surface area contributed by atoms with Crippen molar-refractivity contribution in [2.75, 3.05) is 7.11 Å². The molecule has 1 heterocycles. The number of nitrogens with zero attached hydrogens (tertiary/aromatic N) is 2. The van der Waals surface area contributed by atoms with E-state index >= 15 is 0 Å². The summed E-state index contributed by atoms with van der Waals surface area (Å²) in [6.07, 6.45) is 1.40. The molecule has 1 aromatic heterocycles. The molecule has 21 heavy (non-hydrogen) atoms. The second kappa shape index (κ2) is 5.61. The molecule has 8 heteroatoms. The van der Waals surface area contributed by atoms with E-state index in [4.69, 9.17) is 4.74 Å². The minimum absolute atomic E-state index is 0.0569. The summed E-state index contributed by atoms with van der Waals surface area (Å²) >= 11 is 0. The van der Waals surface area contributed by atoms with Crippen molar-refractivity contribution >= 4 is 5.69 Å². The summed E-state index contributed by atoms with van der Waals surface area (Å²) in [5.41, 5.74) is -0.291. The highest BCUT2D eigenvalue weighted by Gasteiger charge is 2.12. The molecule has 0 saturated carbocycles. The highest BCUT2D eigenvalue weighted by Crippen LogP contribution is 2.24. The molecule has 0 aliphatic heterocycles. The number of aryl methyl sites for hydroxylation is 1. The van der Waals surface area contributed by atoms with Crippen LogP contribution >= 0.6 is 0 Å². The van der Waals surface area contributed by atoms with Crippen molar-refractivity contribution in [3.05, 3.63) is 66.5 Å². The van der Waals surface area contributed by atoms with Gasteiger partial charge in [0, 0.05) is 29.5 Å². The molecular weight excluding hydrogens is 278 g/mol. The predicted octanol–water partition coefficient (Wildman–Crippen LogP) is 0.810. The number of rotatable bonds is 4. The van der Waals surface area contributed by atoms with Crippen LogP contribution in [0.3, 0.4) is 0 Å². The zero-order valence-corrected chi connectivity index (χ0v) is 11.5. The van der Waals surface area contributed by atoms with E-state index in [9.17, 15) is 19.7 Å². The molecule has 8 nitrogen and oxygen atoms in total. The summed E-state index contributed by atoms with van der Waals surface area (Å²) in [6, 6.07) is 4.13. The molecule has 0 aliphatic rings. The Hall–Kier alpha value is -2.90. The number of nitro benzene ring substituents is 1. The molecule has 0 radical (unpaired) electrons. The lowest BCUT2D eigenvalue weighted by Gasteiger charge is -2.10. The minimum atomic E-state index is -0.584. The minimum Gasteiger partial charge on any atom is -0.496 e. The second-order valence-electron chi connectivity index (χ2n) is 4.45. The first-order valence-corrected chi connectivity index (χ1v) is 6.04. The van der Waals surface area contributed by atoms with Gasteiger partial charge in [0.2, 0.25) is 0 Å². The predicted molar refractivity (Wildman–Crippen MR) is 74.8 cm³/mol. The monoisotopic (exact) mass is 291 g/mol. The Bertz CT molecular complexity index is 806. The summed E-state index contributed by atoms with van der Waals surface area (Å²) in [5, 5.41) is 10.8. The van der Waals surface area contributed by atoms with E-state index in [-0.39, 0.29) is 12.2 Å². The van der Waals surface area contributed by atoms with Gasteiger partial charge in [0.15, 0.2) is 0 Å². The van der Waals surface area contributed by atoms with Crippen LogP contribution in [-0.2, 0) is 6.54 Å². The summed E-state index contributed by atoms with van der Waals surface area (Å²) in [5.74, 6) is 0.427. The Morgan fingerprint density at radius 3 is 2.71 bits per heavy atom. The van der Waals surface area contributed by atoms with Crippen LogP contribution in [0.4, 0.5) is 5.69 Å². The van der Waals surface area contributed by atoms with Crippen molar-refractivity contribution in [2.45, 2.75) is 13.5 Å². The number of aromatic amines is 1. The van der Waals surface area contributed by atoms with Crippen molar-refractivity contribution < 1.29 is 9.66 Å². The number of hydrogen-bond acceptors (Lipinski definition) is 5. The molecule has 0 saturated heterocycles. The summed E-state index contributed by atoms with van der Waals surface area (Å²) < 4.78 is 6.40. The number of non-ortho nitro benzene ring substituents is 1. The molecule has 0 amide bonds. The molecule has 1 aromatic carbocycles. The first kappa shape index (κ1) is 14.5. The molecule has 2 aromatic rings. The number of H-pyrrole nitrogens is 1. The van der Waals surface area contributed by atoms with Crippen LogP contribution in [0.2, 0.25) is 0 Å². The smallest absolute Gasteiger partial charge is 0.328 e. The first-order valence-electron chi connectivity index (χ1n) is 6.04. The summed E-state index contributed by atoms with van der Waals surface area (Å²) in [6.45, 7) is 1.63. The number of methoxy groups -OCH3 is 1. The summed E-state index contributed by atoms with van der Waals surface area (Å²) in [4.78, 5) is 35.6. The van der Waals surface area contributed by atoms with Crippen molar-refractivity contribution in [2.24, 2.45) is 0 Å². The maximum Gasteiger partial charge on any atom is 0.328 e. The Morgan fingerprint density at radius 2 is 2.10 bits per heavy atom. The van der Waals surface area contributed by atoms with Crippen LogP contribution in [0, 0.1) is 17.0 Å². The molecule has 0 unspecified atom stereocenters. The number of ether oxygens (including phenoxy) is 1. The zero-order chi connectivity index (χ0) is 15.6. The fourth-order valence-corrected chi connectivity index (χ4v) is 1.92. The first-order chi connectivity index (χ1) is 9.92. The Labute approximate surface area is 118 Å². The van der Waals surface area contributed by atoms with Gasteiger partial charge in [-0.2, -0.15) is 0 Å². The van der Waals surface area contributed by atoms with E-state index in [1.165, 1.54) is 36.1 Å². The van der Waals surface area contributed by atoms with E-state index in [0.717, 1.165) is 0 Å². The number of hydrogen-bond donors (Lipinski definition) is 1. The number of benzene rings is 1. The van der Waals surface area contributed by atoms with E-state index < -0.39 is 16.2 Å². The van der Waals surface area contributed by atoms with Gasteiger partial charge in [-0.1, -0.05) is 0 Å². The molecule has 0 fully saturated rings. The van der Waals surface area contributed by atoms with E-state index in [0.29, 0.717) is 16.9 Å². The average Bonchev–Trinajstić information content (AvgIpc) is 2.44. The number of nitrogens with one attached hydrogen (secondary N) is 1. The molecule has 0 aliphatic carbocycles. The van der Waals surface area contributed by atoms with Crippen LogP contribution in [0.1, 0.15) is 11.1 Å². The van der Waals surface area contributed by atoms with Gasteiger partial charge in [0.1, 0.15) is 5.75 Å². The van der Waals surface area contributed by atoms with Gasteiger partial charge < -0.3 is 4.74 Å². The highest BCUT2D eigenvalue weighted by molar-refractivity contribution is 5.43. The molecule has 1 N–H and O–H groups in total. The lowest BCUT2D eigenvalue weighted by Crippen LogP contribution is -2.31. The molecule has 0 atom stereocenters. The Morgan fingerprint density at radius 1 is 1.38 bits per heavy atom. The molecular formula is C13H13N3O5. The molecule has 2 rings (SSSR count). The molecule has 0 spiro atoms. The van der Waals surface area contributed by atoms with Crippen LogP contribution in [0.25, 0.3) is 0 Å². The van der Waals surface area contributed by atoms with Crippen molar-refractivity contribution in [3.8, 4) is 5.75 Å². The van der Waals surface area contributed by atoms with Gasteiger partial charge in [-0.05, 0) is 13.0 Å². The van der Waals surface area contributed by atoms with Crippen LogP contribution < -0.4 is 16.0 Å². The van der Waals surface area contributed by atoms with Crippen LogP contribution in [0.15, 0.2) is 34.0 Å². The van der Waals surface area contributed by atoms with Gasteiger partial charge in [-0.25, -0.2) is 4.79 Å². The maximum absolute atomic E-state index is 11.7. The average molecular weight is 291 g/mol. The lowest BCUT2D eigenvalue weighted by molar-refractivity contribution is -0.384. The Balaban J connectivity index is 2.50. The Kier molecular flexibility index (Phi) is 3.88. The highest BCUT2D eigenvalue weighted by atomic mass is 16.6. The van der Waals surface area contributed by atoms with Crippen molar-refractivity contribution in [1.82, 2.24) is 9.55 Å². The summed E-state index contributed by atoms with van der Waals surface area (Å²) in [7, 11) is 1.44. The number of aromatic nitrogens is 2. The van der Waals surface area contributed by atoms with Gasteiger partial charge in [0.25, 0.3) is 11.2 Å². The van der Waals surface area contributed by atoms with E-state index in [2.05, 4.69) is 4.98 Å². The molecule has 110 valence electrons. The van der Waals surface area contributed by atoms with Gasteiger partial charge >= 0.3 is 5.69 Å². The van der Waals surface area contributed by atoms with Crippen LogP contribution in [-0.4, -0.2) is 21.6 Å². The third-order valence-corrected chi connectivity index (χ3v) is 3.00. The van der Waals surface area contributed by atoms with E-state index in [1.807, 2.05) is 0 Å². The molecule has 0 bridgehead atoms. The van der Waals surface area contributed by atoms with Gasteiger partial charge in [0.05, 0.1) is 18.6 Å².